The Morgan fingerprint density at radius 1 is 1.39 bits per heavy atom. The Hall–Kier alpha value is -2.32. The van der Waals surface area contributed by atoms with Crippen LogP contribution in [-0.2, 0) is 11.0 Å². The molecule has 1 aromatic rings. The van der Waals surface area contributed by atoms with Gasteiger partial charge in [-0.05, 0) is 25.5 Å². The number of aromatic nitrogens is 1. The Morgan fingerprint density at radius 2 is 2.09 bits per heavy atom. The van der Waals surface area contributed by atoms with E-state index in [1.807, 2.05) is 0 Å². The van der Waals surface area contributed by atoms with Gasteiger partial charge in [0.15, 0.2) is 0 Å². The molecule has 2 amide bonds. The van der Waals surface area contributed by atoms with E-state index in [0.29, 0.717) is 25.6 Å². The fraction of sp³-hybridized carbons (Fsp3) is 0.500. The third kappa shape index (κ3) is 4.11. The van der Waals surface area contributed by atoms with Gasteiger partial charge in [0, 0.05) is 25.6 Å². The van der Waals surface area contributed by atoms with E-state index in [-0.39, 0.29) is 5.91 Å². The Kier molecular flexibility index (Phi) is 4.76. The van der Waals surface area contributed by atoms with Crippen molar-refractivity contribution >= 4 is 11.8 Å². The number of pyridine rings is 1. The molecule has 1 atom stereocenters. The summed E-state index contributed by atoms with van der Waals surface area (Å²) in [5.74, 6) is -0.780. The first kappa shape index (κ1) is 17.0. The van der Waals surface area contributed by atoms with Crippen LogP contribution in [-0.4, -0.2) is 40.8 Å². The Bertz CT molecular complexity index is 669. The number of likely N-dealkylation sites (tertiary alicyclic amines) is 1. The van der Waals surface area contributed by atoms with Crippen LogP contribution in [0.15, 0.2) is 16.9 Å². The van der Waals surface area contributed by atoms with Gasteiger partial charge >= 0.3 is 6.18 Å². The highest BCUT2D eigenvalue weighted by Gasteiger charge is 2.32. The molecule has 2 heterocycles. The van der Waals surface area contributed by atoms with Crippen LogP contribution >= 0.6 is 0 Å². The fourth-order valence-electron chi connectivity index (χ4n) is 2.39. The molecular weight excluding hydrogens is 315 g/mol. The molecule has 0 bridgehead atoms. The van der Waals surface area contributed by atoms with Gasteiger partial charge in [0.1, 0.15) is 11.3 Å². The number of hydrogen-bond donors (Lipinski definition) is 2. The molecule has 2 N–H and O–H groups in total. The SMILES string of the molecule is C[C@@H](CN1CCCC1=O)NC(=O)c1ccc(C(F)(F)F)[nH]c1=O. The lowest BCUT2D eigenvalue weighted by atomic mass is 10.2. The zero-order valence-corrected chi connectivity index (χ0v) is 12.4. The monoisotopic (exact) mass is 331 g/mol. The lowest BCUT2D eigenvalue weighted by Crippen LogP contribution is -2.43. The standard InChI is InChI=1S/C14H16F3N3O3/c1-8(7-20-6-2-3-11(20)21)18-12(22)9-4-5-10(14(15,16)17)19-13(9)23/h4-5,8H,2-3,6-7H2,1H3,(H,18,22)(H,19,23)/t8-/m0/s1. The van der Waals surface area contributed by atoms with E-state index in [9.17, 15) is 27.6 Å². The van der Waals surface area contributed by atoms with Crippen LogP contribution in [0.4, 0.5) is 13.2 Å². The molecule has 1 aromatic heterocycles. The first-order chi connectivity index (χ1) is 10.7. The molecule has 0 spiro atoms. The second-order valence-corrected chi connectivity index (χ2v) is 5.43. The third-order valence-corrected chi connectivity index (χ3v) is 3.50. The van der Waals surface area contributed by atoms with Crippen molar-refractivity contribution in [1.29, 1.82) is 0 Å². The molecule has 1 aliphatic rings. The van der Waals surface area contributed by atoms with Crippen molar-refractivity contribution in [3.05, 3.63) is 33.7 Å². The number of amides is 2. The highest BCUT2D eigenvalue weighted by molar-refractivity contribution is 5.94. The van der Waals surface area contributed by atoms with Crippen LogP contribution in [0.25, 0.3) is 0 Å². The zero-order valence-electron chi connectivity index (χ0n) is 12.4. The van der Waals surface area contributed by atoms with E-state index in [0.717, 1.165) is 12.5 Å². The molecule has 6 nitrogen and oxygen atoms in total. The van der Waals surface area contributed by atoms with Crippen LogP contribution in [0, 0.1) is 0 Å². The number of H-pyrrole nitrogens is 1. The van der Waals surface area contributed by atoms with Gasteiger partial charge in [-0.1, -0.05) is 0 Å². The second-order valence-electron chi connectivity index (χ2n) is 5.43. The number of aromatic amines is 1. The molecule has 0 saturated carbocycles. The molecule has 0 radical (unpaired) electrons. The highest BCUT2D eigenvalue weighted by Crippen LogP contribution is 2.26. The molecule has 1 aliphatic heterocycles. The van der Waals surface area contributed by atoms with Gasteiger partial charge in [0.25, 0.3) is 11.5 Å². The van der Waals surface area contributed by atoms with E-state index in [4.69, 9.17) is 0 Å². The highest BCUT2D eigenvalue weighted by atomic mass is 19.4. The number of carbonyl (C=O) groups excluding carboxylic acids is 2. The quantitative estimate of drug-likeness (QED) is 0.868. The van der Waals surface area contributed by atoms with Crippen LogP contribution in [0.2, 0.25) is 0 Å². The smallest absolute Gasteiger partial charge is 0.348 e. The van der Waals surface area contributed by atoms with E-state index in [1.54, 1.807) is 16.8 Å². The Morgan fingerprint density at radius 3 is 2.61 bits per heavy atom. The van der Waals surface area contributed by atoms with Crippen molar-refractivity contribution in [3.8, 4) is 0 Å². The van der Waals surface area contributed by atoms with Crippen LogP contribution in [0.3, 0.4) is 0 Å². The summed E-state index contributed by atoms with van der Waals surface area (Å²) in [7, 11) is 0. The van der Waals surface area contributed by atoms with Crippen LogP contribution < -0.4 is 10.9 Å². The maximum absolute atomic E-state index is 12.5. The average Bonchev–Trinajstić information content (AvgIpc) is 2.82. The van der Waals surface area contributed by atoms with Crippen molar-refractivity contribution < 1.29 is 22.8 Å². The normalized spacial score (nSPS) is 16.5. The summed E-state index contributed by atoms with van der Waals surface area (Å²) in [6, 6.07) is 1.06. The van der Waals surface area contributed by atoms with Crippen molar-refractivity contribution in [2.45, 2.75) is 32.0 Å². The molecule has 2 rings (SSSR count). The van der Waals surface area contributed by atoms with Crippen LogP contribution in [0.5, 0.6) is 0 Å². The summed E-state index contributed by atoms with van der Waals surface area (Å²) < 4.78 is 37.4. The van der Waals surface area contributed by atoms with Gasteiger partial charge in [-0.15, -0.1) is 0 Å². The number of alkyl halides is 3. The maximum Gasteiger partial charge on any atom is 0.431 e. The Balaban J connectivity index is 2.03. The molecule has 126 valence electrons. The first-order valence-electron chi connectivity index (χ1n) is 7.07. The largest absolute Gasteiger partial charge is 0.431 e. The molecule has 0 aliphatic carbocycles. The van der Waals surface area contributed by atoms with Crippen molar-refractivity contribution in [2.75, 3.05) is 13.1 Å². The number of rotatable bonds is 4. The number of carbonyl (C=O) groups is 2. The fourth-order valence-corrected chi connectivity index (χ4v) is 2.39. The van der Waals surface area contributed by atoms with Crippen LogP contribution in [0.1, 0.15) is 35.8 Å². The predicted octanol–water partition coefficient (Wildman–Crippen LogP) is 1.13. The number of hydrogen-bond acceptors (Lipinski definition) is 3. The minimum Gasteiger partial charge on any atom is -0.348 e. The summed E-state index contributed by atoms with van der Waals surface area (Å²) in [6.45, 7) is 2.56. The van der Waals surface area contributed by atoms with Gasteiger partial charge in [0.2, 0.25) is 5.91 Å². The number of nitrogens with one attached hydrogen (secondary N) is 2. The Labute approximate surface area is 129 Å². The summed E-state index contributed by atoms with van der Waals surface area (Å²) in [6.07, 6.45) is -3.45. The minimum atomic E-state index is -4.68. The molecule has 1 fully saturated rings. The van der Waals surface area contributed by atoms with E-state index < -0.39 is 34.9 Å². The third-order valence-electron chi connectivity index (χ3n) is 3.50. The topological polar surface area (TPSA) is 82.3 Å². The van der Waals surface area contributed by atoms with E-state index in [2.05, 4.69) is 5.32 Å². The van der Waals surface area contributed by atoms with Crippen molar-refractivity contribution in [2.24, 2.45) is 0 Å². The lowest BCUT2D eigenvalue weighted by Gasteiger charge is -2.21. The van der Waals surface area contributed by atoms with Gasteiger partial charge in [-0.25, -0.2) is 0 Å². The zero-order chi connectivity index (χ0) is 17.2. The van der Waals surface area contributed by atoms with Gasteiger partial charge < -0.3 is 15.2 Å². The molecular formula is C14H16F3N3O3. The predicted molar refractivity (Wildman–Crippen MR) is 74.8 cm³/mol. The van der Waals surface area contributed by atoms with Gasteiger partial charge in [-0.2, -0.15) is 13.2 Å². The average molecular weight is 331 g/mol. The van der Waals surface area contributed by atoms with Gasteiger partial charge in [0.05, 0.1) is 0 Å². The molecule has 0 aromatic carbocycles. The second kappa shape index (κ2) is 6.43. The summed E-state index contributed by atoms with van der Waals surface area (Å²) in [4.78, 5) is 38.3. The molecule has 9 heteroatoms. The van der Waals surface area contributed by atoms with E-state index >= 15 is 0 Å². The number of nitrogens with zero attached hydrogens (tertiary/aromatic N) is 1. The number of halogens is 3. The molecule has 23 heavy (non-hydrogen) atoms. The summed E-state index contributed by atoms with van der Waals surface area (Å²) in [5, 5.41) is 2.51. The van der Waals surface area contributed by atoms with Crippen molar-refractivity contribution in [3.63, 3.8) is 0 Å². The maximum atomic E-state index is 12.5. The first-order valence-corrected chi connectivity index (χ1v) is 7.07. The van der Waals surface area contributed by atoms with E-state index in [1.165, 1.54) is 0 Å². The lowest BCUT2D eigenvalue weighted by molar-refractivity contribution is -0.141. The summed E-state index contributed by atoms with van der Waals surface area (Å²) >= 11 is 0. The summed E-state index contributed by atoms with van der Waals surface area (Å²) in [5.41, 5.74) is -2.73. The van der Waals surface area contributed by atoms with Crippen molar-refractivity contribution in [1.82, 2.24) is 15.2 Å². The molecule has 1 saturated heterocycles. The van der Waals surface area contributed by atoms with Gasteiger partial charge in [-0.3, -0.25) is 14.4 Å². The molecule has 0 unspecified atom stereocenters. The minimum absolute atomic E-state index is 0.00141.